The van der Waals surface area contributed by atoms with Gasteiger partial charge in [-0.25, -0.2) is 13.4 Å². The lowest BCUT2D eigenvalue weighted by molar-refractivity contribution is 0.583. The second-order valence-electron chi connectivity index (χ2n) is 3.88. The van der Waals surface area contributed by atoms with Gasteiger partial charge in [0.15, 0.2) is 0 Å². The van der Waals surface area contributed by atoms with Gasteiger partial charge in [-0.2, -0.15) is 4.39 Å². The maximum atomic E-state index is 12.7. The molecule has 0 saturated carbocycles. The Morgan fingerprint density at radius 2 is 2.00 bits per heavy atom. The average Bonchev–Trinajstić information content (AvgIpc) is 2.35. The summed E-state index contributed by atoms with van der Waals surface area (Å²) in [5, 5.41) is 0.322. The number of nitrogens with zero attached hydrogens (tertiary/aromatic N) is 1. The van der Waals surface area contributed by atoms with Gasteiger partial charge < -0.3 is 0 Å². The van der Waals surface area contributed by atoms with Crippen molar-refractivity contribution in [2.45, 2.75) is 11.8 Å². The fourth-order valence-electron chi connectivity index (χ4n) is 1.51. The number of aromatic nitrogens is 1. The molecule has 1 aromatic heterocycles. The van der Waals surface area contributed by atoms with Gasteiger partial charge in [0.25, 0.3) is 10.0 Å². The Morgan fingerprint density at radius 1 is 1.26 bits per heavy atom. The average molecular weight is 301 g/mol. The maximum absolute atomic E-state index is 12.7. The molecule has 0 spiro atoms. The van der Waals surface area contributed by atoms with Crippen molar-refractivity contribution in [1.82, 2.24) is 4.98 Å². The Hall–Kier alpha value is -1.66. The quantitative estimate of drug-likeness (QED) is 0.887. The summed E-state index contributed by atoms with van der Waals surface area (Å²) in [6, 6.07) is 6.94. The van der Waals surface area contributed by atoms with E-state index >= 15 is 0 Å². The molecule has 0 bridgehead atoms. The smallest absolute Gasteiger partial charge is 0.262 e. The lowest BCUT2D eigenvalue weighted by Gasteiger charge is -2.10. The van der Waals surface area contributed by atoms with Crippen molar-refractivity contribution >= 4 is 27.3 Å². The van der Waals surface area contributed by atoms with Gasteiger partial charge >= 0.3 is 0 Å². The van der Waals surface area contributed by atoms with Crippen LogP contribution >= 0.6 is 11.6 Å². The minimum atomic E-state index is -3.78. The normalized spacial score (nSPS) is 11.3. The van der Waals surface area contributed by atoms with Crippen molar-refractivity contribution in [3.8, 4) is 0 Å². The molecule has 0 unspecified atom stereocenters. The number of pyridine rings is 1. The molecule has 0 aliphatic carbocycles. The van der Waals surface area contributed by atoms with E-state index in [4.69, 9.17) is 11.6 Å². The van der Waals surface area contributed by atoms with Crippen molar-refractivity contribution in [1.29, 1.82) is 0 Å². The molecule has 0 saturated heterocycles. The Bertz CT molecular complexity index is 702. The van der Waals surface area contributed by atoms with Gasteiger partial charge in [0, 0.05) is 5.02 Å². The summed E-state index contributed by atoms with van der Waals surface area (Å²) in [7, 11) is -3.78. The highest BCUT2D eigenvalue weighted by atomic mass is 35.5. The van der Waals surface area contributed by atoms with Crippen LogP contribution in [0.1, 0.15) is 5.56 Å². The molecular weight excluding hydrogens is 291 g/mol. The van der Waals surface area contributed by atoms with Crippen molar-refractivity contribution in [2.24, 2.45) is 0 Å². The number of hydrogen-bond donors (Lipinski definition) is 1. The molecule has 7 heteroatoms. The minimum Gasteiger partial charge on any atom is -0.278 e. The third-order valence-corrected chi connectivity index (χ3v) is 4.18. The third-order valence-electron chi connectivity index (χ3n) is 2.42. The van der Waals surface area contributed by atoms with Crippen LogP contribution in [-0.2, 0) is 10.0 Å². The summed E-state index contributed by atoms with van der Waals surface area (Å²) in [5.74, 6) is -0.679. The zero-order chi connectivity index (χ0) is 14.0. The summed E-state index contributed by atoms with van der Waals surface area (Å²) in [4.78, 5) is 3.45. The number of rotatable bonds is 3. The number of sulfonamides is 1. The number of aryl methyl sites for hydroxylation is 1. The molecule has 100 valence electrons. The lowest BCUT2D eigenvalue weighted by atomic mass is 10.2. The van der Waals surface area contributed by atoms with Gasteiger partial charge in [-0.3, -0.25) is 4.72 Å². The first kappa shape index (κ1) is 13.8. The zero-order valence-electron chi connectivity index (χ0n) is 9.89. The van der Waals surface area contributed by atoms with E-state index in [9.17, 15) is 12.8 Å². The SMILES string of the molecule is Cc1ccc(Cl)cc1S(=O)(=O)Nc1ccc(F)nc1. The summed E-state index contributed by atoms with van der Waals surface area (Å²) >= 11 is 5.79. The fraction of sp³-hybridized carbons (Fsp3) is 0.0833. The predicted molar refractivity (Wildman–Crippen MR) is 71.2 cm³/mol. The standard InChI is InChI=1S/C12H10ClFN2O2S/c1-8-2-3-9(13)6-11(8)19(17,18)16-10-4-5-12(14)15-7-10/h2-7,16H,1H3. The van der Waals surface area contributed by atoms with Gasteiger partial charge in [0.05, 0.1) is 16.8 Å². The van der Waals surface area contributed by atoms with Crippen LogP contribution in [0.25, 0.3) is 0 Å². The van der Waals surface area contributed by atoms with E-state index in [1.165, 1.54) is 12.1 Å². The summed E-state index contributed by atoms with van der Waals surface area (Å²) in [6.07, 6.45) is 1.10. The first-order valence-electron chi connectivity index (χ1n) is 5.29. The molecule has 0 aliphatic heterocycles. The lowest BCUT2D eigenvalue weighted by Crippen LogP contribution is -2.14. The van der Waals surface area contributed by atoms with Crippen molar-refractivity contribution in [2.75, 3.05) is 4.72 Å². The molecule has 0 atom stereocenters. The van der Waals surface area contributed by atoms with E-state index in [0.29, 0.717) is 10.6 Å². The van der Waals surface area contributed by atoms with E-state index in [1.807, 2.05) is 0 Å². The number of anilines is 1. The molecule has 1 N–H and O–H groups in total. The highest BCUT2D eigenvalue weighted by Crippen LogP contribution is 2.22. The minimum absolute atomic E-state index is 0.0734. The molecule has 0 aliphatic rings. The van der Waals surface area contributed by atoms with Gasteiger partial charge in [-0.15, -0.1) is 0 Å². The number of halogens is 2. The molecule has 2 rings (SSSR count). The Morgan fingerprint density at radius 3 is 2.63 bits per heavy atom. The summed E-state index contributed by atoms with van der Waals surface area (Å²) in [5.41, 5.74) is 0.743. The van der Waals surface area contributed by atoms with E-state index in [2.05, 4.69) is 9.71 Å². The largest absolute Gasteiger partial charge is 0.278 e. The van der Waals surface area contributed by atoms with E-state index < -0.39 is 16.0 Å². The molecule has 4 nitrogen and oxygen atoms in total. The first-order valence-corrected chi connectivity index (χ1v) is 7.15. The van der Waals surface area contributed by atoms with Crippen LogP contribution in [0, 0.1) is 12.9 Å². The monoisotopic (exact) mass is 300 g/mol. The summed E-state index contributed by atoms with van der Waals surface area (Å²) < 4.78 is 39.3. The van der Waals surface area contributed by atoms with E-state index in [-0.39, 0.29) is 10.6 Å². The van der Waals surface area contributed by atoms with Crippen molar-refractivity contribution in [3.05, 3.63) is 53.1 Å². The maximum Gasteiger partial charge on any atom is 0.262 e. The van der Waals surface area contributed by atoms with Gasteiger partial charge in [-0.05, 0) is 36.8 Å². The third kappa shape index (κ3) is 3.21. The molecule has 0 fully saturated rings. The highest BCUT2D eigenvalue weighted by Gasteiger charge is 2.17. The van der Waals surface area contributed by atoms with Gasteiger partial charge in [0.2, 0.25) is 5.95 Å². The number of nitrogens with one attached hydrogen (secondary N) is 1. The number of hydrogen-bond acceptors (Lipinski definition) is 3. The Kier molecular flexibility index (Phi) is 3.73. The second-order valence-corrected chi connectivity index (χ2v) is 5.97. The second kappa shape index (κ2) is 5.14. The Balaban J connectivity index is 2.37. The van der Waals surface area contributed by atoms with Crippen LogP contribution in [0.15, 0.2) is 41.4 Å². The molecule has 2 aromatic rings. The van der Waals surface area contributed by atoms with Crippen molar-refractivity contribution < 1.29 is 12.8 Å². The van der Waals surface area contributed by atoms with E-state index in [0.717, 1.165) is 12.3 Å². The fourth-order valence-corrected chi connectivity index (χ4v) is 3.06. The van der Waals surface area contributed by atoms with Gasteiger partial charge in [-0.1, -0.05) is 17.7 Å². The summed E-state index contributed by atoms with van der Waals surface area (Å²) in [6.45, 7) is 1.66. The van der Waals surface area contributed by atoms with Crippen LogP contribution in [0.4, 0.5) is 10.1 Å². The van der Waals surface area contributed by atoms with Gasteiger partial charge in [0.1, 0.15) is 0 Å². The highest BCUT2D eigenvalue weighted by molar-refractivity contribution is 7.92. The number of benzene rings is 1. The van der Waals surface area contributed by atoms with Crippen LogP contribution in [0.3, 0.4) is 0 Å². The molecular formula is C12H10ClFN2O2S. The van der Waals surface area contributed by atoms with Crippen LogP contribution < -0.4 is 4.72 Å². The van der Waals surface area contributed by atoms with Crippen molar-refractivity contribution in [3.63, 3.8) is 0 Å². The molecule has 1 aromatic carbocycles. The van der Waals surface area contributed by atoms with Crippen LogP contribution in [-0.4, -0.2) is 13.4 Å². The molecule has 19 heavy (non-hydrogen) atoms. The predicted octanol–water partition coefficient (Wildman–Crippen LogP) is 2.98. The zero-order valence-corrected chi connectivity index (χ0v) is 11.5. The van der Waals surface area contributed by atoms with Crippen LogP contribution in [0.5, 0.6) is 0 Å². The molecule has 0 radical (unpaired) electrons. The first-order chi connectivity index (χ1) is 8.88. The Labute approximate surface area is 115 Å². The topological polar surface area (TPSA) is 59.1 Å². The van der Waals surface area contributed by atoms with E-state index in [1.54, 1.807) is 19.1 Å². The molecule has 1 heterocycles. The van der Waals surface area contributed by atoms with Crippen LogP contribution in [0.2, 0.25) is 5.02 Å². The molecule has 0 amide bonds.